The third-order valence-corrected chi connectivity index (χ3v) is 2.85. The number of rotatable bonds is 3. The quantitative estimate of drug-likeness (QED) is 0.799. The van der Waals surface area contributed by atoms with E-state index in [1.807, 2.05) is 26.0 Å². The van der Waals surface area contributed by atoms with Crippen LogP contribution in [0.1, 0.15) is 19.4 Å². The normalized spacial score (nSPS) is 10.7. The van der Waals surface area contributed by atoms with E-state index in [1.165, 1.54) is 0 Å². The Hall–Kier alpha value is -1.90. The zero-order valence-corrected chi connectivity index (χ0v) is 10.0. The molecule has 17 heavy (non-hydrogen) atoms. The van der Waals surface area contributed by atoms with E-state index < -0.39 is 0 Å². The van der Waals surface area contributed by atoms with Crippen LogP contribution < -0.4 is 4.74 Å². The lowest BCUT2D eigenvalue weighted by atomic mass is 10.0. The molecule has 0 radical (unpaired) electrons. The van der Waals surface area contributed by atoms with Gasteiger partial charge in [0.25, 0.3) is 0 Å². The van der Waals surface area contributed by atoms with E-state index in [0.717, 1.165) is 0 Å². The van der Waals surface area contributed by atoms with Crippen molar-refractivity contribution >= 4 is 10.8 Å². The van der Waals surface area contributed by atoms with Gasteiger partial charge >= 0.3 is 0 Å². The van der Waals surface area contributed by atoms with Crippen LogP contribution in [0.5, 0.6) is 17.2 Å². The van der Waals surface area contributed by atoms with E-state index >= 15 is 0 Å². The lowest BCUT2D eigenvalue weighted by Crippen LogP contribution is -1.98. The minimum atomic E-state index is 0.108. The smallest absolute Gasteiger partial charge is 0.168 e. The second-order valence-electron chi connectivity index (χ2n) is 3.84. The van der Waals surface area contributed by atoms with Crippen molar-refractivity contribution in [3.8, 4) is 17.2 Å². The molecule has 0 unspecified atom stereocenters. The fraction of sp³-hybridized carbons (Fsp3) is 0.286. The van der Waals surface area contributed by atoms with Gasteiger partial charge in [-0.2, -0.15) is 0 Å². The number of hydrogen-bond acceptors (Lipinski definition) is 3. The highest BCUT2D eigenvalue weighted by atomic mass is 16.5. The molecule has 2 N–H and O–H groups in total. The first-order chi connectivity index (χ1) is 8.20. The molecule has 3 nitrogen and oxygen atoms in total. The molecular formula is C14H16O3. The minimum absolute atomic E-state index is 0.108. The number of ether oxygens (including phenoxy) is 1. The maximum absolute atomic E-state index is 10.2. The molecule has 0 saturated heterocycles. The average Bonchev–Trinajstić information content (AvgIpc) is 2.36. The van der Waals surface area contributed by atoms with E-state index in [4.69, 9.17) is 4.74 Å². The first-order valence-corrected chi connectivity index (χ1v) is 5.79. The van der Waals surface area contributed by atoms with E-state index in [-0.39, 0.29) is 11.5 Å². The Morgan fingerprint density at radius 1 is 1.00 bits per heavy atom. The number of aromatic hydroxyl groups is 2. The SMILES string of the molecule is CCOc1c(CC)c(O)c2ccccc2c1O. The second-order valence-corrected chi connectivity index (χ2v) is 3.84. The van der Waals surface area contributed by atoms with Crippen LogP contribution in [-0.4, -0.2) is 16.8 Å². The van der Waals surface area contributed by atoms with E-state index in [0.29, 0.717) is 35.1 Å². The molecule has 0 spiro atoms. The molecule has 0 bridgehead atoms. The van der Waals surface area contributed by atoms with Crippen molar-refractivity contribution in [1.82, 2.24) is 0 Å². The Kier molecular flexibility index (Phi) is 3.09. The van der Waals surface area contributed by atoms with Crippen LogP contribution >= 0.6 is 0 Å². The second kappa shape index (κ2) is 4.53. The lowest BCUT2D eigenvalue weighted by molar-refractivity contribution is 0.313. The monoisotopic (exact) mass is 232 g/mol. The highest BCUT2D eigenvalue weighted by molar-refractivity contribution is 5.96. The summed E-state index contributed by atoms with van der Waals surface area (Å²) in [6.45, 7) is 4.23. The van der Waals surface area contributed by atoms with Crippen LogP contribution in [0.3, 0.4) is 0 Å². The van der Waals surface area contributed by atoms with Crippen molar-refractivity contribution in [2.45, 2.75) is 20.3 Å². The Labute approximate surface area is 100 Å². The van der Waals surface area contributed by atoms with Crippen molar-refractivity contribution in [2.24, 2.45) is 0 Å². The van der Waals surface area contributed by atoms with Crippen molar-refractivity contribution in [2.75, 3.05) is 6.61 Å². The van der Waals surface area contributed by atoms with Gasteiger partial charge in [-0.1, -0.05) is 31.2 Å². The molecule has 0 heterocycles. The largest absolute Gasteiger partial charge is 0.507 e. The summed E-state index contributed by atoms with van der Waals surface area (Å²) in [5, 5.41) is 21.6. The molecule has 0 aromatic heterocycles. The molecule has 2 aromatic rings. The summed E-state index contributed by atoms with van der Waals surface area (Å²) in [6, 6.07) is 7.22. The molecule has 2 rings (SSSR count). The van der Waals surface area contributed by atoms with Gasteiger partial charge in [0.15, 0.2) is 11.5 Å². The molecule has 0 saturated carbocycles. The zero-order chi connectivity index (χ0) is 12.4. The molecule has 0 aliphatic heterocycles. The van der Waals surface area contributed by atoms with E-state index in [1.54, 1.807) is 12.1 Å². The summed E-state index contributed by atoms with van der Waals surface area (Å²) in [5.74, 6) is 0.702. The van der Waals surface area contributed by atoms with Gasteiger partial charge in [0.2, 0.25) is 0 Å². The molecular weight excluding hydrogens is 216 g/mol. The van der Waals surface area contributed by atoms with Gasteiger partial charge in [-0.15, -0.1) is 0 Å². The molecule has 0 fully saturated rings. The Morgan fingerprint density at radius 3 is 2.12 bits per heavy atom. The van der Waals surface area contributed by atoms with Crippen molar-refractivity contribution in [3.05, 3.63) is 29.8 Å². The summed E-state index contributed by atoms with van der Waals surface area (Å²) in [4.78, 5) is 0. The summed E-state index contributed by atoms with van der Waals surface area (Å²) in [5.41, 5.74) is 0.656. The first kappa shape index (κ1) is 11.6. The maximum atomic E-state index is 10.2. The van der Waals surface area contributed by atoms with Crippen LogP contribution in [-0.2, 0) is 6.42 Å². The number of fused-ring (bicyclic) bond motifs is 1. The summed E-state index contributed by atoms with van der Waals surface area (Å²) in [6.07, 6.45) is 0.611. The average molecular weight is 232 g/mol. The summed E-state index contributed by atoms with van der Waals surface area (Å²) < 4.78 is 5.44. The molecule has 2 aromatic carbocycles. The standard InChI is InChI=1S/C14H16O3/c1-3-9-12(15)10-7-5-6-8-11(10)13(16)14(9)17-4-2/h5-8,15-16H,3-4H2,1-2H3. The van der Waals surface area contributed by atoms with Gasteiger partial charge in [-0.3, -0.25) is 0 Å². The van der Waals surface area contributed by atoms with Crippen LogP contribution in [0, 0.1) is 0 Å². The molecule has 3 heteroatoms. The predicted molar refractivity (Wildman–Crippen MR) is 67.8 cm³/mol. The van der Waals surface area contributed by atoms with Gasteiger partial charge in [-0.05, 0) is 13.3 Å². The van der Waals surface area contributed by atoms with E-state index in [9.17, 15) is 10.2 Å². The predicted octanol–water partition coefficient (Wildman–Crippen LogP) is 3.21. The van der Waals surface area contributed by atoms with Gasteiger partial charge in [0.1, 0.15) is 5.75 Å². The molecule has 0 amide bonds. The highest BCUT2D eigenvalue weighted by Crippen LogP contribution is 2.44. The maximum Gasteiger partial charge on any atom is 0.168 e. The van der Waals surface area contributed by atoms with Crippen molar-refractivity contribution < 1.29 is 14.9 Å². The third kappa shape index (κ3) is 1.78. The number of hydrogen-bond donors (Lipinski definition) is 2. The number of phenols is 2. The topological polar surface area (TPSA) is 49.7 Å². The zero-order valence-electron chi connectivity index (χ0n) is 10.0. The summed E-state index contributed by atoms with van der Waals surface area (Å²) >= 11 is 0. The van der Waals surface area contributed by atoms with Crippen molar-refractivity contribution in [1.29, 1.82) is 0 Å². The fourth-order valence-corrected chi connectivity index (χ4v) is 2.06. The summed E-state index contributed by atoms with van der Waals surface area (Å²) in [7, 11) is 0. The van der Waals surface area contributed by atoms with Crippen LogP contribution in [0.25, 0.3) is 10.8 Å². The Balaban J connectivity index is 2.83. The van der Waals surface area contributed by atoms with Crippen LogP contribution in [0.4, 0.5) is 0 Å². The van der Waals surface area contributed by atoms with Gasteiger partial charge in [0.05, 0.1) is 6.61 Å². The van der Waals surface area contributed by atoms with E-state index in [2.05, 4.69) is 0 Å². The van der Waals surface area contributed by atoms with Gasteiger partial charge < -0.3 is 14.9 Å². The first-order valence-electron chi connectivity index (χ1n) is 5.79. The highest BCUT2D eigenvalue weighted by Gasteiger charge is 2.18. The Morgan fingerprint density at radius 2 is 1.59 bits per heavy atom. The van der Waals surface area contributed by atoms with Crippen LogP contribution in [0.2, 0.25) is 0 Å². The molecule has 0 aliphatic carbocycles. The molecule has 0 aliphatic rings. The Bertz CT molecular complexity index is 547. The lowest BCUT2D eigenvalue weighted by Gasteiger charge is -2.15. The third-order valence-electron chi connectivity index (χ3n) is 2.85. The molecule has 0 atom stereocenters. The van der Waals surface area contributed by atoms with Crippen molar-refractivity contribution in [3.63, 3.8) is 0 Å². The van der Waals surface area contributed by atoms with Gasteiger partial charge in [-0.25, -0.2) is 0 Å². The number of phenolic OH excluding ortho intramolecular Hbond substituents is 2. The number of benzene rings is 2. The fourth-order valence-electron chi connectivity index (χ4n) is 2.06. The minimum Gasteiger partial charge on any atom is -0.507 e. The molecule has 90 valence electrons. The van der Waals surface area contributed by atoms with Gasteiger partial charge in [0, 0.05) is 16.3 Å². The van der Waals surface area contributed by atoms with Crippen LogP contribution in [0.15, 0.2) is 24.3 Å².